The summed E-state index contributed by atoms with van der Waals surface area (Å²) in [6.45, 7) is 8.08. The highest BCUT2D eigenvalue weighted by atomic mass is 35.5. The Morgan fingerprint density at radius 3 is 2.68 bits per heavy atom. The number of carbonyl (C=O) groups excluding carboxylic acids is 2. The molecular formula is C23H28ClN3O6S. The molecule has 1 aromatic heterocycles. The van der Waals surface area contributed by atoms with E-state index >= 15 is 0 Å². The molecule has 9 nitrogen and oxygen atoms in total. The van der Waals surface area contributed by atoms with Crippen LogP contribution in [0.25, 0.3) is 11.3 Å². The van der Waals surface area contributed by atoms with Crippen LogP contribution in [0.2, 0.25) is 5.02 Å². The maximum Gasteiger partial charge on any atom is 0.410 e. The number of piperidine rings is 1. The Morgan fingerprint density at radius 2 is 2.00 bits per heavy atom. The summed E-state index contributed by atoms with van der Waals surface area (Å²) in [5.41, 5.74) is 0.552. The van der Waals surface area contributed by atoms with Gasteiger partial charge >= 0.3 is 12.1 Å². The Balaban J connectivity index is 1.82. The van der Waals surface area contributed by atoms with Crippen LogP contribution in [0.5, 0.6) is 0 Å². The fraction of sp³-hybridized carbons (Fsp3) is 0.522. The van der Waals surface area contributed by atoms with Crippen LogP contribution >= 0.6 is 11.6 Å². The van der Waals surface area contributed by atoms with Crippen molar-refractivity contribution >= 4 is 33.5 Å². The van der Waals surface area contributed by atoms with E-state index in [9.17, 15) is 18.0 Å². The minimum Gasteiger partial charge on any atom is -0.461 e. The molecule has 2 aliphatic heterocycles. The molecule has 34 heavy (non-hydrogen) atoms. The van der Waals surface area contributed by atoms with Crippen molar-refractivity contribution in [1.29, 1.82) is 0 Å². The van der Waals surface area contributed by atoms with Crippen molar-refractivity contribution in [1.82, 2.24) is 14.7 Å². The number of halogens is 1. The van der Waals surface area contributed by atoms with Crippen LogP contribution in [0.3, 0.4) is 0 Å². The van der Waals surface area contributed by atoms with Crippen LogP contribution in [0.1, 0.15) is 62.6 Å². The summed E-state index contributed by atoms with van der Waals surface area (Å²) in [4.78, 5) is 27.1. The summed E-state index contributed by atoms with van der Waals surface area (Å²) >= 11 is 6.31. The normalized spacial score (nSPS) is 19.2. The third kappa shape index (κ3) is 4.53. The molecule has 0 aliphatic carbocycles. The molecule has 1 atom stereocenters. The molecule has 0 N–H and O–H groups in total. The van der Waals surface area contributed by atoms with E-state index in [4.69, 9.17) is 21.1 Å². The minimum atomic E-state index is -3.80. The second-order valence-corrected chi connectivity index (χ2v) is 11.8. The van der Waals surface area contributed by atoms with Crippen LogP contribution in [0, 0.1) is 0 Å². The number of nitrogens with zero attached hydrogens (tertiary/aromatic N) is 3. The van der Waals surface area contributed by atoms with Crippen LogP contribution in [-0.4, -0.2) is 60.5 Å². The predicted octanol–water partition coefficient (Wildman–Crippen LogP) is 4.24. The molecule has 184 valence electrons. The lowest BCUT2D eigenvalue weighted by atomic mass is 10.0. The van der Waals surface area contributed by atoms with Crippen molar-refractivity contribution in [2.45, 2.75) is 62.8 Å². The number of fused-ring (bicyclic) bond motifs is 3. The lowest BCUT2D eigenvalue weighted by Gasteiger charge is -2.35. The van der Waals surface area contributed by atoms with Crippen molar-refractivity contribution in [2.24, 2.45) is 0 Å². The first-order valence-corrected chi connectivity index (χ1v) is 13.2. The van der Waals surface area contributed by atoms with E-state index in [2.05, 4.69) is 5.10 Å². The van der Waals surface area contributed by atoms with Crippen molar-refractivity contribution in [3.63, 3.8) is 0 Å². The minimum absolute atomic E-state index is 0.0274. The van der Waals surface area contributed by atoms with E-state index < -0.39 is 33.3 Å². The molecule has 1 saturated heterocycles. The van der Waals surface area contributed by atoms with E-state index in [0.717, 1.165) is 0 Å². The number of carbonyl (C=O) groups is 2. The molecule has 1 amide bonds. The molecule has 2 aromatic rings. The number of aromatic nitrogens is 2. The number of benzene rings is 1. The Kier molecular flexibility index (Phi) is 6.41. The highest BCUT2D eigenvalue weighted by Crippen LogP contribution is 2.44. The molecule has 1 aromatic carbocycles. The number of hydrogen-bond acceptors (Lipinski definition) is 7. The second kappa shape index (κ2) is 8.88. The molecule has 0 radical (unpaired) electrons. The van der Waals surface area contributed by atoms with Crippen molar-refractivity contribution in [3.8, 4) is 11.3 Å². The maximum atomic E-state index is 13.1. The lowest BCUT2D eigenvalue weighted by molar-refractivity contribution is 0.0166. The van der Waals surface area contributed by atoms with Crippen molar-refractivity contribution in [3.05, 3.63) is 34.5 Å². The summed E-state index contributed by atoms with van der Waals surface area (Å²) in [5.74, 6) is -1.09. The Morgan fingerprint density at radius 1 is 1.26 bits per heavy atom. The average molecular weight is 510 g/mol. The van der Waals surface area contributed by atoms with Crippen molar-refractivity contribution < 1.29 is 27.5 Å². The van der Waals surface area contributed by atoms with Gasteiger partial charge in [-0.05, 0) is 46.6 Å². The predicted molar refractivity (Wildman–Crippen MR) is 126 cm³/mol. The molecule has 4 rings (SSSR count). The zero-order chi connectivity index (χ0) is 24.8. The summed E-state index contributed by atoms with van der Waals surface area (Å²) in [7, 11) is -3.80. The Bertz CT molecular complexity index is 1250. The summed E-state index contributed by atoms with van der Waals surface area (Å²) in [6, 6.07) is 4.57. The largest absolute Gasteiger partial charge is 0.461 e. The van der Waals surface area contributed by atoms with Crippen LogP contribution in [0.15, 0.2) is 23.1 Å². The monoisotopic (exact) mass is 509 g/mol. The number of rotatable bonds is 3. The van der Waals surface area contributed by atoms with Gasteiger partial charge in [-0.15, -0.1) is 0 Å². The third-order valence-corrected chi connectivity index (χ3v) is 7.90. The zero-order valence-corrected chi connectivity index (χ0v) is 21.2. The summed E-state index contributed by atoms with van der Waals surface area (Å²) in [6.07, 6.45) is 0.974. The molecular weight excluding hydrogens is 482 g/mol. The molecule has 11 heteroatoms. The first-order chi connectivity index (χ1) is 15.9. The number of esters is 1. The van der Waals surface area contributed by atoms with E-state index in [0.29, 0.717) is 42.8 Å². The molecule has 2 aliphatic rings. The molecule has 3 heterocycles. The van der Waals surface area contributed by atoms with Gasteiger partial charge in [-0.2, -0.15) is 5.10 Å². The quantitative estimate of drug-likeness (QED) is 0.569. The molecule has 0 spiro atoms. The third-order valence-electron chi connectivity index (χ3n) is 5.74. The van der Waals surface area contributed by atoms with Crippen LogP contribution in [0.4, 0.5) is 4.79 Å². The number of hydrogen-bond donors (Lipinski definition) is 0. The highest BCUT2D eigenvalue weighted by molar-refractivity contribution is 7.91. The van der Waals surface area contributed by atoms with Gasteiger partial charge in [0.1, 0.15) is 5.60 Å². The van der Waals surface area contributed by atoms with E-state index in [-0.39, 0.29) is 28.3 Å². The number of sulfone groups is 1. The number of amides is 1. The first-order valence-electron chi connectivity index (χ1n) is 11.2. The van der Waals surface area contributed by atoms with Gasteiger partial charge in [0.2, 0.25) is 0 Å². The summed E-state index contributed by atoms with van der Waals surface area (Å²) in [5, 5.41) is 4.67. The first kappa shape index (κ1) is 24.5. The number of likely N-dealkylation sites (tertiary alicyclic amines) is 1. The topological polar surface area (TPSA) is 108 Å². The van der Waals surface area contributed by atoms with Crippen LogP contribution in [-0.2, 0) is 25.1 Å². The van der Waals surface area contributed by atoms with Gasteiger partial charge in [0, 0.05) is 24.2 Å². The molecule has 1 unspecified atom stereocenters. The standard InChI is InChI=1S/C23H28ClN3O6S/c1-5-32-21(28)18-16-13-34(30,31)20-15(9-6-10-17(20)24)19(16)27(25-18)14-8-7-11-26(12-14)22(29)33-23(2,3)4/h6,9-10,14H,5,7-8,11-13H2,1-4H3. The van der Waals surface area contributed by atoms with Gasteiger partial charge in [0.05, 0.1) is 34.0 Å². The maximum absolute atomic E-state index is 13.1. The van der Waals surface area contributed by atoms with E-state index in [1.54, 1.807) is 28.6 Å². The number of ether oxygens (including phenoxy) is 2. The van der Waals surface area contributed by atoms with Gasteiger partial charge in [0.15, 0.2) is 15.5 Å². The highest BCUT2D eigenvalue weighted by Gasteiger charge is 2.40. The van der Waals surface area contributed by atoms with Crippen molar-refractivity contribution in [2.75, 3.05) is 19.7 Å². The smallest absolute Gasteiger partial charge is 0.410 e. The molecule has 0 saturated carbocycles. The van der Waals surface area contributed by atoms with E-state index in [1.807, 2.05) is 20.8 Å². The zero-order valence-electron chi connectivity index (χ0n) is 19.6. The SMILES string of the molecule is CCOC(=O)c1nn(C2CCCN(C(=O)OC(C)(C)C)C2)c2c1CS(=O)(=O)c1c(Cl)cccc1-2. The molecule has 0 bridgehead atoms. The Hall–Kier alpha value is -2.59. The fourth-order valence-corrected chi connectivity index (χ4v) is 6.63. The van der Waals surface area contributed by atoms with Gasteiger partial charge in [0.25, 0.3) is 0 Å². The van der Waals surface area contributed by atoms with Gasteiger partial charge in [-0.3, -0.25) is 4.68 Å². The van der Waals surface area contributed by atoms with Gasteiger partial charge < -0.3 is 14.4 Å². The lowest BCUT2D eigenvalue weighted by Crippen LogP contribution is -2.43. The van der Waals surface area contributed by atoms with Gasteiger partial charge in [-0.1, -0.05) is 23.7 Å². The average Bonchev–Trinajstić information content (AvgIpc) is 3.11. The molecule has 1 fully saturated rings. The second-order valence-electron chi connectivity index (χ2n) is 9.44. The summed E-state index contributed by atoms with van der Waals surface area (Å²) < 4.78 is 38.6. The fourth-order valence-electron chi connectivity index (χ4n) is 4.44. The van der Waals surface area contributed by atoms with E-state index in [1.165, 1.54) is 6.07 Å². The Labute approximate surface area is 203 Å². The van der Waals surface area contributed by atoms with Gasteiger partial charge in [-0.25, -0.2) is 18.0 Å². The van der Waals surface area contributed by atoms with Crippen LogP contribution < -0.4 is 0 Å².